The predicted octanol–water partition coefficient (Wildman–Crippen LogP) is 1.57. The number of hydrogen-bond acceptors (Lipinski definition) is 1. The first-order valence-electron chi connectivity index (χ1n) is 2.49. The normalized spacial score (nSPS) is 8.62. The first-order chi connectivity index (χ1) is 3.77. The van der Waals surface area contributed by atoms with Crippen LogP contribution in [0.3, 0.4) is 0 Å². The van der Waals surface area contributed by atoms with Crippen LogP contribution in [0, 0.1) is 6.08 Å². The highest BCUT2D eigenvalue weighted by atomic mass is 16.5. The summed E-state index contributed by atoms with van der Waals surface area (Å²) in [4.78, 5) is 0. The quantitative estimate of drug-likeness (QED) is 0.395. The van der Waals surface area contributed by atoms with Gasteiger partial charge in [-0.3, -0.25) is 0 Å². The van der Waals surface area contributed by atoms with Gasteiger partial charge in [0.15, 0.2) is 0 Å². The van der Waals surface area contributed by atoms with E-state index in [4.69, 9.17) is 4.74 Å². The third-order valence-corrected chi connectivity index (χ3v) is 0.553. The molecule has 8 heavy (non-hydrogen) atoms. The molecule has 0 aromatic rings. The van der Waals surface area contributed by atoms with Gasteiger partial charge in [-0.25, -0.2) is 0 Å². The molecule has 0 bridgehead atoms. The van der Waals surface area contributed by atoms with E-state index in [0.717, 1.165) is 5.57 Å². The van der Waals surface area contributed by atoms with Gasteiger partial charge in [-0.1, -0.05) is 18.7 Å². The maximum absolute atomic E-state index is 4.97. The summed E-state index contributed by atoms with van der Waals surface area (Å²) in [6, 6.07) is 0. The lowest BCUT2D eigenvalue weighted by Gasteiger charge is -1.96. The summed E-state index contributed by atoms with van der Waals surface area (Å²) in [5.41, 5.74) is 1.03. The smallest absolute Gasteiger partial charge is 0.0718 e. The van der Waals surface area contributed by atoms with Crippen LogP contribution in [0.15, 0.2) is 18.7 Å². The summed E-state index contributed by atoms with van der Waals surface area (Å²) < 4.78 is 4.97. The van der Waals surface area contributed by atoms with Crippen LogP contribution in [0.25, 0.3) is 0 Å². The molecule has 45 valence electrons. The van der Waals surface area contributed by atoms with E-state index in [-0.39, 0.29) is 0 Å². The average molecular weight is 111 g/mol. The van der Waals surface area contributed by atoms with Crippen LogP contribution in [-0.4, -0.2) is 13.2 Å². The maximum atomic E-state index is 4.97. The molecule has 0 saturated carbocycles. The van der Waals surface area contributed by atoms with Crippen molar-refractivity contribution in [1.29, 1.82) is 0 Å². The molecule has 0 aliphatic carbocycles. The van der Waals surface area contributed by atoms with Crippen LogP contribution >= 0.6 is 0 Å². The van der Waals surface area contributed by atoms with Gasteiger partial charge < -0.3 is 4.74 Å². The minimum Gasteiger partial charge on any atom is -0.372 e. The fraction of sp³-hybridized carbons (Fsp3) is 0.429. The van der Waals surface area contributed by atoms with Crippen molar-refractivity contribution in [1.82, 2.24) is 0 Å². The lowest BCUT2D eigenvalue weighted by molar-refractivity contribution is 0.183. The monoisotopic (exact) mass is 111 g/mol. The minimum atomic E-state index is 0.493. The molecule has 1 nitrogen and oxygen atoms in total. The van der Waals surface area contributed by atoms with Gasteiger partial charge in [0.2, 0.25) is 0 Å². The van der Waals surface area contributed by atoms with Crippen molar-refractivity contribution < 1.29 is 4.74 Å². The third-order valence-electron chi connectivity index (χ3n) is 0.553. The second-order valence-electron chi connectivity index (χ2n) is 1.70. The van der Waals surface area contributed by atoms with E-state index in [1.54, 1.807) is 0 Å². The van der Waals surface area contributed by atoms with Gasteiger partial charge >= 0.3 is 0 Å². The highest BCUT2D eigenvalue weighted by Gasteiger charge is 1.81. The van der Waals surface area contributed by atoms with E-state index in [0.29, 0.717) is 13.2 Å². The average Bonchev–Trinajstić information content (AvgIpc) is 1.66. The van der Waals surface area contributed by atoms with Gasteiger partial charge in [0.1, 0.15) is 0 Å². The summed E-state index contributed by atoms with van der Waals surface area (Å²) in [6.45, 7) is 10.1. The fourth-order valence-corrected chi connectivity index (χ4v) is 0.297. The van der Waals surface area contributed by atoms with Gasteiger partial charge in [0.25, 0.3) is 0 Å². The van der Waals surface area contributed by atoms with E-state index in [9.17, 15) is 0 Å². The SMILES string of the molecule is C=[C]COCC(=C)C. The van der Waals surface area contributed by atoms with Crippen molar-refractivity contribution in [3.63, 3.8) is 0 Å². The zero-order valence-electron chi connectivity index (χ0n) is 5.24. The molecule has 0 saturated heterocycles. The lowest BCUT2D eigenvalue weighted by Crippen LogP contribution is -1.93. The molecular weight excluding hydrogens is 100 g/mol. The standard InChI is InChI=1S/C7H11O/c1-4-5-8-6-7(2)3/h1-2,5-6H2,3H3. The molecule has 0 aliphatic heterocycles. The lowest BCUT2D eigenvalue weighted by atomic mass is 10.4. The van der Waals surface area contributed by atoms with E-state index in [2.05, 4.69) is 19.2 Å². The molecule has 1 radical (unpaired) electrons. The molecule has 0 aromatic carbocycles. The van der Waals surface area contributed by atoms with Crippen LogP contribution in [0.2, 0.25) is 0 Å². The van der Waals surface area contributed by atoms with E-state index >= 15 is 0 Å². The summed E-state index contributed by atoms with van der Waals surface area (Å²) in [7, 11) is 0. The Morgan fingerprint density at radius 1 is 1.75 bits per heavy atom. The Morgan fingerprint density at radius 2 is 2.38 bits per heavy atom. The van der Waals surface area contributed by atoms with Crippen molar-refractivity contribution in [2.45, 2.75) is 6.92 Å². The van der Waals surface area contributed by atoms with E-state index < -0.39 is 0 Å². The molecule has 0 unspecified atom stereocenters. The molecule has 0 aliphatic rings. The molecule has 0 atom stereocenters. The topological polar surface area (TPSA) is 9.23 Å². The molecule has 0 heterocycles. The Labute approximate surface area is 50.7 Å². The molecule has 0 rings (SSSR count). The van der Waals surface area contributed by atoms with Crippen LogP contribution in [0.1, 0.15) is 6.92 Å². The molecule has 0 N–H and O–H groups in total. The van der Waals surface area contributed by atoms with Gasteiger partial charge in [0.05, 0.1) is 13.2 Å². The number of ether oxygens (including phenoxy) is 1. The Kier molecular flexibility index (Phi) is 4.27. The van der Waals surface area contributed by atoms with Gasteiger partial charge in [0, 0.05) is 0 Å². The second-order valence-corrected chi connectivity index (χ2v) is 1.70. The Hall–Kier alpha value is -0.560. The van der Waals surface area contributed by atoms with Crippen LogP contribution in [0.4, 0.5) is 0 Å². The second kappa shape index (κ2) is 4.60. The first-order valence-corrected chi connectivity index (χ1v) is 2.49. The highest BCUT2D eigenvalue weighted by molar-refractivity contribution is 4.87. The van der Waals surface area contributed by atoms with Crippen LogP contribution < -0.4 is 0 Å². The molecule has 0 amide bonds. The van der Waals surface area contributed by atoms with Crippen molar-refractivity contribution >= 4 is 0 Å². The zero-order valence-corrected chi connectivity index (χ0v) is 5.24. The maximum Gasteiger partial charge on any atom is 0.0718 e. The first kappa shape index (κ1) is 7.44. The predicted molar refractivity (Wildman–Crippen MR) is 34.5 cm³/mol. The third kappa shape index (κ3) is 5.44. The highest BCUT2D eigenvalue weighted by Crippen LogP contribution is 1.86. The van der Waals surface area contributed by atoms with Crippen LogP contribution in [-0.2, 0) is 4.74 Å². The van der Waals surface area contributed by atoms with Crippen molar-refractivity contribution in [2.75, 3.05) is 13.2 Å². The number of rotatable bonds is 4. The summed E-state index contributed by atoms with van der Waals surface area (Å²) in [5, 5.41) is 0. The zero-order chi connectivity index (χ0) is 6.41. The summed E-state index contributed by atoms with van der Waals surface area (Å²) >= 11 is 0. The van der Waals surface area contributed by atoms with Crippen molar-refractivity contribution in [2.24, 2.45) is 0 Å². The van der Waals surface area contributed by atoms with Crippen LogP contribution in [0.5, 0.6) is 0 Å². The molecule has 1 heteroatoms. The van der Waals surface area contributed by atoms with Crippen molar-refractivity contribution in [3.05, 3.63) is 24.8 Å². The Bertz CT molecular complexity index is 84.4. The Balaban J connectivity index is 2.93. The van der Waals surface area contributed by atoms with Gasteiger partial charge in [-0.15, -0.1) is 0 Å². The van der Waals surface area contributed by atoms with E-state index in [1.807, 2.05) is 6.92 Å². The fourth-order valence-electron chi connectivity index (χ4n) is 0.297. The largest absolute Gasteiger partial charge is 0.372 e. The molecule has 0 fully saturated rings. The Morgan fingerprint density at radius 3 is 2.75 bits per heavy atom. The van der Waals surface area contributed by atoms with E-state index in [1.165, 1.54) is 0 Å². The number of hydrogen-bond donors (Lipinski definition) is 0. The van der Waals surface area contributed by atoms with Gasteiger partial charge in [-0.2, -0.15) is 0 Å². The molecule has 0 spiro atoms. The van der Waals surface area contributed by atoms with Crippen molar-refractivity contribution in [3.8, 4) is 0 Å². The minimum absolute atomic E-state index is 0.493. The molecular formula is C7H11O. The summed E-state index contributed by atoms with van der Waals surface area (Å²) in [5.74, 6) is 0. The van der Waals surface area contributed by atoms with Gasteiger partial charge in [-0.05, 0) is 13.0 Å². The summed E-state index contributed by atoms with van der Waals surface area (Å²) in [6.07, 6.45) is 2.61. The molecule has 0 aromatic heterocycles.